The van der Waals surface area contributed by atoms with Gasteiger partial charge in [-0.25, -0.2) is 0 Å². The van der Waals surface area contributed by atoms with Gasteiger partial charge in [-0.1, -0.05) is 33.1 Å². The van der Waals surface area contributed by atoms with E-state index in [1.54, 1.807) is 6.92 Å². The van der Waals surface area contributed by atoms with Gasteiger partial charge in [0.05, 0.1) is 12.2 Å². The topological polar surface area (TPSA) is 73.1 Å². The number of nitrogens with one attached hydrogen (secondary N) is 1. The lowest BCUT2D eigenvalue weighted by molar-refractivity contribution is -0.130. The van der Waals surface area contributed by atoms with Crippen molar-refractivity contribution in [1.82, 2.24) is 5.32 Å². The smallest absolute Gasteiger partial charge is 0.240 e. The summed E-state index contributed by atoms with van der Waals surface area (Å²) in [6.07, 6.45) is 4.62. The number of nitriles is 1. The van der Waals surface area contributed by atoms with Crippen molar-refractivity contribution in [2.24, 2.45) is 10.8 Å². The highest BCUT2D eigenvalue weighted by Crippen LogP contribution is 2.36. The van der Waals surface area contributed by atoms with Gasteiger partial charge < -0.3 is 10.4 Å². The summed E-state index contributed by atoms with van der Waals surface area (Å²) in [5.74, 6) is -0.131. The standard InChI is InChI=1S/C15H26N2O2/c1-12(18)9-14(2,3)11-17-13(19)15(10-16)7-5-4-6-8-15/h12,18H,4-9,11H2,1-3H3,(H,17,19). The van der Waals surface area contributed by atoms with Crippen LogP contribution in [0.5, 0.6) is 0 Å². The van der Waals surface area contributed by atoms with Crippen LogP contribution in [0.15, 0.2) is 0 Å². The maximum atomic E-state index is 12.3. The monoisotopic (exact) mass is 266 g/mol. The SMILES string of the molecule is CC(O)CC(C)(C)CNC(=O)C1(C#N)CCCCC1. The zero-order valence-corrected chi connectivity index (χ0v) is 12.3. The van der Waals surface area contributed by atoms with Crippen molar-refractivity contribution < 1.29 is 9.90 Å². The van der Waals surface area contributed by atoms with Crippen LogP contribution < -0.4 is 5.32 Å². The van der Waals surface area contributed by atoms with Crippen LogP contribution in [-0.4, -0.2) is 23.7 Å². The van der Waals surface area contributed by atoms with E-state index in [0.717, 1.165) is 19.3 Å². The van der Waals surface area contributed by atoms with E-state index in [9.17, 15) is 15.2 Å². The summed E-state index contributed by atoms with van der Waals surface area (Å²) in [5, 5.41) is 21.7. The largest absolute Gasteiger partial charge is 0.393 e. The van der Waals surface area contributed by atoms with Gasteiger partial charge in [-0.2, -0.15) is 5.26 Å². The molecule has 1 aliphatic carbocycles. The molecule has 2 N–H and O–H groups in total. The third kappa shape index (κ3) is 4.50. The number of carbonyl (C=O) groups excluding carboxylic acids is 1. The molecule has 19 heavy (non-hydrogen) atoms. The zero-order valence-electron chi connectivity index (χ0n) is 12.3. The fraction of sp³-hybridized carbons (Fsp3) is 0.867. The Labute approximate surface area is 116 Å². The first-order valence-corrected chi connectivity index (χ1v) is 7.19. The maximum Gasteiger partial charge on any atom is 0.240 e. The highest BCUT2D eigenvalue weighted by molar-refractivity contribution is 5.85. The molecule has 0 spiro atoms. The van der Waals surface area contributed by atoms with E-state index in [-0.39, 0.29) is 17.4 Å². The van der Waals surface area contributed by atoms with Crippen LogP contribution in [0.3, 0.4) is 0 Å². The van der Waals surface area contributed by atoms with E-state index in [2.05, 4.69) is 11.4 Å². The lowest BCUT2D eigenvalue weighted by Crippen LogP contribution is -2.45. The van der Waals surface area contributed by atoms with Gasteiger partial charge in [0.15, 0.2) is 0 Å². The number of carbonyl (C=O) groups is 1. The summed E-state index contributed by atoms with van der Waals surface area (Å²) in [6, 6.07) is 2.23. The van der Waals surface area contributed by atoms with Crippen molar-refractivity contribution in [3.8, 4) is 6.07 Å². The molecule has 4 nitrogen and oxygen atoms in total. The van der Waals surface area contributed by atoms with Crippen molar-refractivity contribution in [3.63, 3.8) is 0 Å². The molecule has 0 heterocycles. The Kier molecular flexibility index (Phi) is 5.37. The van der Waals surface area contributed by atoms with E-state index < -0.39 is 5.41 Å². The normalized spacial score (nSPS) is 20.4. The van der Waals surface area contributed by atoms with E-state index >= 15 is 0 Å². The fourth-order valence-corrected chi connectivity index (χ4v) is 2.91. The van der Waals surface area contributed by atoms with Crippen molar-refractivity contribution in [2.75, 3.05) is 6.54 Å². The lowest BCUT2D eigenvalue weighted by atomic mass is 9.74. The molecule has 0 aromatic rings. The molecule has 0 aromatic carbocycles. The Hall–Kier alpha value is -1.08. The minimum Gasteiger partial charge on any atom is -0.393 e. The first-order chi connectivity index (χ1) is 8.81. The Bertz CT molecular complexity index is 350. The predicted octanol–water partition coefficient (Wildman–Crippen LogP) is 2.37. The van der Waals surface area contributed by atoms with Crippen LogP contribution in [0.2, 0.25) is 0 Å². The molecule has 1 atom stereocenters. The number of hydrogen-bond donors (Lipinski definition) is 2. The molecule has 1 rings (SSSR count). The molecule has 1 aliphatic rings. The van der Waals surface area contributed by atoms with Gasteiger partial charge in [0, 0.05) is 6.54 Å². The molecule has 0 radical (unpaired) electrons. The predicted molar refractivity (Wildman–Crippen MR) is 74.2 cm³/mol. The number of aliphatic hydroxyl groups excluding tert-OH is 1. The first kappa shape index (κ1) is 16.0. The third-order valence-corrected chi connectivity index (χ3v) is 3.93. The molecule has 1 saturated carbocycles. The summed E-state index contributed by atoms with van der Waals surface area (Å²) in [7, 11) is 0. The molecule has 1 fully saturated rings. The number of hydrogen-bond acceptors (Lipinski definition) is 3. The van der Waals surface area contributed by atoms with Gasteiger partial charge in [-0.3, -0.25) is 4.79 Å². The molecule has 0 aromatic heterocycles. The summed E-state index contributed by atoms with van der Waals surface area (Å²) >= 11 is 0. The molecule has 1 amide bonds. The van der Waals surface area contributed by atoms with Gasteiger partial charge in [-0.05, 0) is 31.6 Å². The van der Waals surface area contributed by atoms with Crippen LogP contribution in [0.1, 0.15) is 59.3 Å². The van der Waals surface area contributed by atoms with E-state index in [4.69, 9.17) is 0 Å². The van der Waals surface area contributed by atoms with Gasteiger partial charge in [0.2, 0.25) is 5.91 Å². The van der Waals surface area contributed by atoms with Gasteiger partial charge in [0.25, 0.3) is 0 Å². The van der Waals surface area contributed by atoms with Crippen LogP contribution >= 0.6 is 0 Å². The second-order valence-corrected chi connectivity index (χ2v) is 6.65. The second-order valence-electron chi connectivity index (χ2n) is 6.65. The Morgan fingerprint density at radius 2 is 2.00 bits per heavy atom. The third-order valence-electron chi connectivity index (χ3n) is 3.93. The molecular weight excluding hydrogens is 240 g/mol. The average molecular weight is 266 g/mol. The molecule has 1 unspecified atom stereocenters. The van der Waals surface area contributed by atoms with Crippen molar-refractivity contribution in [3.05, 3.63) is 0 Å². The zero-order chi connectivity index (χ0) is 14.5. The molecular formula is C15H26N2O2. The molecule has 0 bridgehead atoms. The van der Waals surface area contributed by atoms with Crippen molar-refractivity contribution >= 4 is 5.91 Å². The summed E-state index contributed by atoms with van der Waals surface area (Å²) < 4.78 is 0. The van der Waals surface area contributed by atoms with Crippen molar-refractivity contribution in [1.29, 1.82) is 5.26 Å². The van der Waals surface area contributed by atoms with Crippen molar-refractivity contribution in [2.45, 2.75) is 65.4 Å². The van der Waals surface area contributed by atoms with Gasteiger partial charge in [0.1, 0.15) is 5.41 Å². The first-order valence-electron chi connectivity index (χ1n) is 7.19. The minimum atomic E-state index is -0.820. The highest BCUT2D eigenvalue weighted by atomic mass is 16.3. The van der Waals surface area contributed by atoms with E-state index in [1.165, 1.54) is 0 Å². The fourth-order valence-electron chi connectivity index (χ4n) is 2.91. The quantitative estimate of drug-likeness (QED) is 0.802. The Morgan fingerprint density at radius 1 is 1.42 bits per heavy atom. The van der Waals surface area contributed by atoms with Crippen LogP contribution in [0.4, 0.5) is 0 Å². The van der Waals surface area contributed by atoms with Gasteiger partial charge >= 0.3 is 0 Å². The molecule has 4 heteroatoms. The Balaban J connectivity index is 2.57. The Morgan fingerprint density at radius 3 is 2.47 bits per heavy atom. The summed E-state index contributed by atoms with van der Waals surface area (Å²) in [4.78, 5) is 12.3. The number of rotatable bonds is 5. The van der Waals surface area contributed by atoms with E-state index in [1.807, 2.05) is 13.8 Å². The maximum absolute atomic E-state index is 12.3. The van der Waals surface area contributed by atoms with E-state index in [0.29, 0.717) is 25.8 Å². The number of aliphatic hydroxyl groups is 1. The summed E-state index contributed by atoms with van der Waals surface area (Å²) in [5.41, 5.74) is -0.978. The second kappa shape index (κ2) is 6.38. The lowest BCUT2D eigenvalue weighted by Gasteiger charge is -2.32. The summed E-state index contributed by atoms with van der Waals surface area (Å²) in [6.45, 7) is 6.28. The van der Waals surface area contributed by atoms with Crippen LogP contribution in [0, 0.1) is 22.2 Å². The molecule has 0 aliphatic heterocycles. The van der Waals surface area contributed by atoms with Crippen LogP contribution in [0.25, 0.3) is 0 Å². The number of amides is 1. The highest BCUT2D eigenvalue weighted by Gasteiger charge is 2.40. The minimum absolute atomic E-state index is 0.131. The average Bonchev–Trinajstić information content (AvgIpc) is 2.35. The molecule has 108 valence electrons. The molecule has 0 saturated heterocycles. The van der Waals surface area contributed by atoms with Crippen LogP contribution in [-0.2, 0) is 4.79 Å². The van der Waals surface area contributed by atoms with Gasteiger partial charge in [-0.15, -0.1) is 0 Å². The number of nitrogens with zero attached hydrogens (tertiary/aromatic N) is 1.